The summed E-state index contributed by atoms with van der Waals surface area (Å²) in [6.45, 7) is 2.08. The van der Waals surface area contributed by atoms with E-state index in [4.69, 9.17) is 9.39 Å². The van der Waals surface area contributed by atoms with Crippen molar-refractivity contribution in [3.8, 4) is 0 Å². The van der Waals surface area contributed by atoms with Crippen LogP contribution in [0, 0.1) is 5.82 Å². The number of hydroxylamine groups is 2. The molecular formula is C40H46F4N3O10S2+. The average molecular weight is 869 g/mol. The molecule has 1 unspecified atom stereocenters. The maximum Gasteiger partial charge on any atom is 0.416 e. The first-order valence-corrected chi connectivity index (χ1v) is 22.4. The number of allylic oxidation sites excluding steroid dienone is 3. The number of anilines is 1. The molecule has 2 aromatic carbocycles. The Morgan fingerprint density at radius 2 is 1.58 bits per heavy atom. The van der Waals surface area contributed by atoms with Crippen molar-refractivity contribution in [2.24, 2.45) is 0 Å². The number of hydrogen-bond acceptors (Lipinski definition) is 9. The number of carbonyl (C=O) groups is 3. The predicted octanol–water partition coefficient (Wildman–Crippen LogP) is 6.85. The molecule has 3 aromatic rings. The van der Waals surface area contributed by atoms with Crippen molar-refractivity contribution in [2.45, 2.75) is 95.7 Å². The van der Waals surface area contributed by atoms with E-state index in [9.17, 15) is 48.9 Å². The summed E-state index contributed by atoms with van der Waals surface area (Å²) in [5, 5.41) is 1.26. The van der Waals surface area contributed by atoms with E-state index in [1.165, 1.54) is 0 Å². The normalized spacial score (nSPS) is 18.2. The van der Waals surface area contributed by atoms with Gasteiger partial charge in [-0.2, -0.15) is 34.6 Å². The molecule has 1 saturated heterocycles. The molecule has 13 nitrogen and oxygen atoms in total. The van der Waals surface area contributed by atoms with Crippen LogP contribution in [0.3, 0.4) is 0 Å². The first-order chi connectivity index (χ1) is 27.7. The molecule has 1 aromatic heterocycles. The van der Waals surface area contributed by atoms with Crippen LogP contribution in [0.15, 0.2) is 66.5 Å². The Kier molecular flexibility index (Phi) is 14.4. The lowest BCUT2D eigenvalue weighted by Gasteiger charge is -2.31. The number of amides is 2. The number of rotatable bonds is 19. The van der Waals surface area contributed by atoms with Crippen molar-refractivity contribution >= 4 is 60.7 Å². The highest BCUT2D eigenvalue weighted by molar-refractivity contribution is 7.86. The largest absolute Gasteiger partial charge is 0.416 e. The van der Waals surface area contributed by atoms with Gasteiger partial charge in [-0.1, -0.05) is 37.1 Å². The number of carbonyl (C=O) groups excluding carboxylic acids is 3. The van der Waals surface area contributed by atoms with Gasteiger partial charge < -0.3 is 9.74 Å². The molecule has 5 rings (SSSR count). The first kappa shape index (κ1) is 45.4. The lowest BCUT2D eigenvalue weighted by Crippen LogP contribution is -2.34. The number of para-hydroxylation sites is 1. The molecular weight excluding hydrogens is 823 g/mol. The van der Waals surface area contributed by atoms with Gasteiger partial charge in [0.2, 0.25) is 5.52 Å². The molecule has 2 aliphatic heterocycles. The Labute approximate surface area is 339 Å². The number of alkyl halides is 3. The van der Waals surface area contributed by atoms with Crippen LogP contribution in [0.5, 0.6) is 0 Å². The van der Waals surface area contributed by atoms with Gasteiger partial charge in [0, 0.05) is 61.2 Å². The molecule has 1 fully saturated rings. The molecule has 2 aliphatic rings. The van der Waals surface area contributed by atoms with Gasteiger partial charge in [0.25, 0.3) is 32.1 Å². The number of aryl methyl sites for hydroxylation is 1. The van der Waals surface area contributed by atoms with Crippen LogP contribution in [0.1, 0.15) is 94.2 Å². The van der Waals surface area contributed by atoms with Crippen molar-refractivity contribution in [3.05, 3.63) is 89.0 Å². The van der Waals surface area contributed by atoms with Gasteiger partial charge in [0.05, 0.1) is 22.5 Å². The lowest BCUT2D eigenvalue weighted by atomic mass is 9.75. The maximum absolute atomic E-state index is 15.1. The molecule has 3 heterocycles. The summed E-state index contributed by atoms with van der Waals surface area (Å²) in [5.74, 6) is -4.12. The number of benzene rings is 2. The highest BCUT2D eigenvalue weighted by atomic mass is 32.2. The summed E-state index contributed by atoms with van der Waals surface area (Å²) in [6.07, 6.45) is 3.45. The van der Waals surface area contributed by atoms with Crippen molar-refractivity contribution in [2.75, 3.05) is 23.0 Å². The van der Waals surface area contributed by atoms with Crippen molar-refractivity contribution in [3.63, 3.8) is 0 Å². The quantitative estimate of drug-likeness (QED) is 0.0423. The number of aromatic nitrogens is 1. The minimum atomic E-state index is -4.95. The molecule has 2 N–H and O–H groups in total. The van der Waals surface area contributed by atoms with Gasteiger partial charge >= 0.3 is 12.1 Å². The molecule has 19 heteroatoms. The SMILES string of the molecule is CC1(CCCCCC(=O)ON2C(=O)CCC2=O)C(=CC=Cc2cc[n+](CCCCS(=O)(=O)O)c3ccccc23)N(CCCCS(=O)(=O)O)c2cc(F)cc(C(F)(F)F)c21. The zero-order chi connectivity index (χ0) is 43.2. The van der Waals surface area contributed by atoms with Gasteiger partial charge in [0.15, 0.2) is 6.20 Å². The fraction of sp³-hybridized carbons (Fsp3) is 0.450. The number of halogens is 4. The third kappa shape index (κ3) is 11.7. The fourth-order valence-corrected chi connectivity index (χ4v) is 8.81. The van der Waals surface area contributed by atoms with Gasteiger partial charge in [-0.3, -0.25) is 18.7 Å². The number of imide groups is 1. The first-order valence-electron chi connectivity index (χ1n) is 19.1. The van der Waals surface area contributed by atoms with Crippen molar-refractivity contribution in [1.82, 2.24) is 5.06 Å². The van der Waals surface area contributed by atoms with E-state index in [1.54, 1.807) is 30.1 Å². The molecule has 0 radical (unpaired) electrons. The minimum Gasteiger partial charge on any atom is -0.344 e. The second-order valence-electron chi connectivity index (χ2n) is 14.8. The summed E-state index contributed by atoms with van der Waals surface area (Å²) in [6, 6.07) is 10.7. The second kappa shape index (κ2) is 18.7. The Morgan fingerprint density at radius 3 is 2.24 bits per heavy atom. The summed E-state index contributed by atoms with van der Waals surface area (Å²) >= 11 is 0. The fourth-order valence-electron chi connectivity index (χ4n) is 7.68. The van der Waals surface area contributed by atoms with E-state index >= 15 is 4.39 Å². The Balaban J connectivity index is 1.47. The van der Waals surface area contributed by atoms with Crippen LogP contribution < -0.4 is 9.47 Å². The number of unbranched alkanes of at least 4 members (excludes halogenated alkanes) is 4. The smallest absolute Gasteiger partial charge is 0.344 e. The van der Waals surface area contributed by atoms with Crippen LogP contribution in [0.2, 0.25) is 0 Å². The third-order valence-corrected chi connectivity index (χ3v) is 12.0. The van der Waals surface area contributed by atoms with E-state index in [1.807, 2.05) is 41.1 Å². The molecule has 1 atom stereocenters. The number of hydrogen-bond donors (Lipinski definition) is 2. The topological polar surface area (TPSA) is 180 Å². The summed E-state index contributed by atoms with van der Waals surface area (Å²) in [5.41, 5.74) is -0.785. The molecule has 0 bridgehead atoms. The standard InChI is InChI=1S/C40H45F4N3O10S2/c1-39(20-6-2-3-16-37(50)57-47-35(48)17-18-36(47)49)34(46(22-8-10-25-59(54,55)56)33-27-29(41)26-31(38(33)39)40(42,43)44)15-11-12-28-19-23-45(21-7-9-24-58(51,52)53)32-14-5-4-13-30(28)32/h4-5,11-15,19,23,26-27H,2-3,6-10,16-18,20-22,24-25H2,1H3,(H-,51,52,53,54,55,56)/p+1. The van der Waals surface area contributed by atoms with E-state index < -0.39 is 66.7 Å². The highest BCUT2D eigenvalue weighted by Crippen LogP contribution is 2.55. The van der Waals surface area contributed by atoms with Gasteiger partial charge in [-0.25, -0.2) is 9.18 Å². The molecule has 0 aliphatic carbocycles. The van der Waals surface area contributed by atoms with E-state index in [-0.39, 0.29) is 74.9 Å². The number of fused-ring (bicyclic) bond motifs is 2. The zero-order valence-corrected chi connectivity index (χ0v) is 33.9. The van der Waals surface area contributed by atoms with E-state index in [0.717, 1.165) is 22.5 Å². The molecule has 0 spiro atoms. The summed E-state index contributed by atoms with van der Waals surface area (Å²) < 4.78 is 125. The lowest BCUT2D eigenvalue weighted by molar-refractivity contribution is -0.671. The Hall–Kier alpha value is -4.72. The van der Waals surface area contributed by atoms with Crippen LogP contribution in [0.4, 0.5) is 23.2 Å². The molecule has 2 amide bonds. The second-order valence-corrected chi connectivity index (χ2v) is 18.0. The van der Waals surface area contributed by atoms with Gasteiger partial charge in [0.1, 0.15) is 12.4 Å². The van der Waals surface area contributed by atoms with Crippen molar-refractivity contribution in [1.29, 1.82) is 0 Å². The average Bonchev–Trinajstić information content (AvgIpc) is 3.57. The molecule has 0 saturated carbocycles. The van der Waals surface area contributed by atoms with Gasteiger partial charge in [-0.15, -0.1) is 5.06 Å². The van der Waals surface area contributed by atoms with Crippen LogP contribution in [-0.2, 0) is 57.6 Å². The molecule has 59 heavy (non-hydrogen) atoms. The zero-order valence-electron chi connectivity index (χ0n) is 32.3. The van der Waals surface area contributed by atoms with Crippen molar-refractivity contribution < 1.29 is 67.3 Å². The van der Waals surface area contributed by atoms with E-state index in [0.29, 0.717) is 42.6 Å². The minimum absolute atomic E-state index is 0.00976. The Morgan fingerprint density at radius 1 is 0.915 bits per heavy atom. The maximum atomic E-state index is 15.1. The van der Waals surface area contributed by atoms with Crippen LogP contribution >= 0.6 is 0 Å². The molecule has 320 valence electrons. The number of pyridine rings is 1. The third-order valence-electron chi connectivity index (χ3n) is 10.4. The monoisotopic (exact) mass is 868 g/mol. The summed E-state index contributed by atoms with van der Waals surface area (Å²) in [4.78, 5) is 42.5. The predicted molar refractivity (Wildman–Crippen MR) is 209 cm³/mol. The Bertz CT molecular complexity index is 2350. The van der Waals surface area contributed by atoms with Crippen LogP contribution in [-0.4, -0.2) is 66.8 Å². The highest BCUT2D eigenvalue weighted by Gasteiger charge is 2.49. The van der Waals surface area contributed by atoms with Gasteiger partial charge in [-0.05, 0) is 74.4 Å². The summed E-state index contributed by atoms with van der Waals surface area (Å²) in [7, 11) is -8.41. The van der Waals surface area contributed by atoms with Crippen LogP contribution in [0.25, 0.3) is 17.0 Å². The number of nitrogens with zero attached hydrogens (tertiary/aromatic N) is 3. The van der Waals surface area contributed by atoms with E-state index in [2.05, 4.69) is 0 Å².